The zero-order valence-electron chi connectivity index (χ0n) is 9.29. The second-order valence-electron chi connectivity index (χ2n) is 4.60. The summed E-state index contributed by atoms with van der Waals surface area (Å²) in [4.78, 5) is 11.9. The third-order valence-corrected chi connectivity index (χ3v) is 3.50. The fourth-order valence-corrected chi connectivity index (χ4v) is 2.05. The Bertz CT molecular complexity index is 223. The summed E-state index contributed by atoms with van der Waals surface area (Å²) in [5, 5.41) is 6.32. The first-order chi connectivity index (χ1) is 7.27. The van der Waals surface area contributed by atoms with Crippen molar-refractivity contribution < 1.29 is 9.53 Å². The van der Waals surface area contributed by atoms with Crippen molar-refractivity contribution in [3.8, 4) is 0 Å². The fraction of sp³-hybridized carbons (Fsp3) is 0.909. The Morgan fingerprint density at radius 2 is 2.07 bits per heavy atom. The first-order valence-electron chi connectivity index (χ1n) is 5.86. The van der Waals surface area contributed by atoms with Gasteiger partial charge in [-0.2, -0.15) is 0 Å². The minimum absolute atomic E-state index is 0.147. The van der Waals surface area contributed by atoms with Crippen molar-refractivity contribution in [2.45, 2.75) is 25.8 Å². The van der Waals surface area contributed by atoms with Crippen molar-refractivity contribution in [2.24, 2.45) is 11.8 Å². The molecule has 0 bridgehead atoms. The van der Waals surface area contributed by atoms with E-state index < -0.39 is 0 Å². The predicted octanol–water partition coefficient (Wildman–Crippen LogP) is 0.137. The number of ether oxygens (including phenoxy) is 1. The van der Waals surface area contributed by atoms with Gasteiger partial charge < -0.3 is 15.4 Å². The van der Waals surface area contributed by atoms with Crippen LogP contribution in [0.3, 0.4) is 0 Å². The number of carbonyl (C=O) groups excluding carboxylic acids is 1. The average molecular weight is 212 g/mol. The molecular formula is C11H20N2O2. The van der Waals surface area contributed by atoms with E-state index in [2.05, 4.69) is 10.6 Å². The van der Waals surface area contributed by atoms with Gasteiger partial charge in [0.2, 0.25) is 5.91 Å². The Kier molecular flexibility index (Phi) is 3.59. The monoisotopic (exact) mass is 212 g/mol. The maximum Gasteiger partial charge on any atom is 0.223 e. The molecule has 0 spiro atoms. The van der Waals surface area contributed by atoms with Gasteiger partial charge in [0.1, 0.15) is 0 Å². The van der Waals surface area contributed by atoms with Crippen molar-refractivity contribution >= 4 is 5.91 Å². The molecule has 0 aromatic rings. The highest BCUT2D eigenvalue weighted by Gasteiger charge is 2.29. The van der Waals surface area contributed by atoms with Gasteiger partial charge in [0.15, 0.2) is 0 Å². The molecule has 86 valence electrons. The minimum Gasteiger partial charge on any atom is -0.381 e. The highest BCUT2D eigenvalue weighted by molar-refractivity contribution is 5.79. The summed E-state index contributed by atoms with van der Waals surface area (Å²) in [6.45, 7) is 5.57. The highest BCUT2D eigenvalue weighted by Crippen LogP contribution is 2.17. The normalized spacial score (nSPS) is 25.7. The molecule has 2 aliphatic heterocycles. The molecular weight excluding hydrogens is 192 g/mol. The summed E-state index contributed by atoms with van der Waals surface area (Å²) >= 11 is 0. The van der Waals surface area contributed by atoms with Crippen LogP contribution in [0.2, 0.25) is 0 Å². The van der Waals surface area contributed by atoms with Gasteiger partial charge in [-0.1, -0.05) is 6.92 Å². The van der Waals surface area contributed by atoms with E-state index in [1.807, 2.05) is 6.92 Å². The quantitative estimate of drug-likeness (QED) is 0.699. The third-order valence-electron chi connectivity index (χ3n) is 3.50. The number of nitrogens with one attached hydrogen (secondary N) is 2. The third kappa shape index (κ3) is 2.69. The molecule has 0 saturated carbocycles. The molecule has 2 saturated heterocycles. The van der Waals surface area contributed by atoms with Crippen LogP contribution in [-0.2, 0) is 9.53 Å². The van der Waals surface area contributed by atoms with Gasteiger partial charge in [0.25, 0.3) is 0 Å². The molecule has 2 fully saturated rings. The Morgan fingerprint density at radius 3 is 2.60 bits per heavy atom. The number of amides is 1. The molecule has 2 N–H and O–H groups in total. The molecule has 0 aromatic carbocycles. The smallest absolute Gasteiger partial charge is 0.223 e. The first kappa shape index (κ1) is 10.9. The Morgan fingerprint density at radius 1 is 1.40 bits per heavy atom. The lowest BCUT2D eigenvalue weighted by atomic mass is 9.88. The van der Waals surface area contributed by atoms with Crippen LogP contribution in [0.15, 0.2) is 0 Å². The summed E-state index contributed by atoms with van der Waals surface area (Å²) in [6, 6.07) is 0.335. The molecule has 2 heterocycles. The summed E-state index contributed by atoms with van der Waals surface area (Å²) in [5.74, 6) is 0.896. The molecule has 1 atom stereocenters. The molecule has 2 rings (SSSR count). The van der Waals surface area contributed by atoms with Crippen LogP contribution in [0.25, 0.3) is 0 Å². The van der Waals surface area contributed by atoms with Gasteiger partial charge in [-0.3, -0.25) is 4.79 Å². The zero-order valence-corrected chi connectivity index (χ0v) is 9.29. The second kappa shape index (κ2) is 4.94. The van der Waals surface area contributed by atoms with Gasteiger partial charge in [-0.25, -0.2) is 0 Å². The van der Waals surface area contributed by atoms with E-state index in [-0.39, 0.29) is 11.8 Å². The molecule has 1 unspecified atom stereocenters. The molecule has 1 amide bonds. The first-order valence-corrected chi connectivity index (χ1v) is 5.86. The zero-order chi connectivity index (χ0) is 10.7. The molecule has 0 radical (unpaired) electrons. The van der Waals surface area contributed by atoms with Crippen molar-refractivity contribution in [1.82, 2.24) is 10.6 Å². The van der Waals surface area contributed by atoms with Crippen molar-refractivity contribution in [3.05, 3.63) is 0 Å². The Balaban J connectivity index is 1.74. The Labute approximate surface area is 90.8 Å². The van der Waals surface area contributed by atoms with Crippen LogP contribution < -0.4 is 10.6 Å². The van der Waals surface area contributed by atoms with Crippen LogP contribution >= 0.6 is 0 Å². The van der Waals surface area contributed by atoms with Crippen molar-refractivity contribution in [1.29, 1.82) is 0 Å². The molecule has 4 nitrogen and oxygen atoms in total. The highest BCUT2D eigenvalue weighted by atomic mass is 16.5. The van der Waals surface area contributed by atoms with Gasteiger partial charge in [-0.15, -0.1) is 0 Å². The van der Waals surface area contributed by atoms with Crippen LogP contribution in [0.4, 0.5) is 0 Å². The fourth-order valence-electron chi connectivity index (χ4n) is 2.05. The van der Waals surface area contributed by atoms with E-state index >= 15 is 0 Å². The van der Waals surface area contributed by atoms with E-state index in [4.69, 9.17) is 4.74 Å². The lowest BCUT2D eigenvalue weighted by Gasteiger charge is -2.33. The summed E-state index contributed by atoms with van der Waals surface area (Å²) in [5.41, 5.74) is 0. The van der Waals surface area contributed by atoms with E-state index in [0.717, 1.165) is 39.1 Å². The molecule has 0 aliphatic carbocycles. The van der Waals surface area contributed by atoms with Gasteiger partial charge in [0.05, 0.1) is 0 Å². The molecule has 0 aromatic heterocycles. The van der Waals surface area contributed by atoms with Crippen LogP contribution in [0.5, 0.6) is 0 Å². The summed E-state index contributed by atoms with van der Waals surface area (Å²) in [7, 11) is 0. The SMILES string of the molecule is CC(C(=O)NC1CCOCC1)C1CNC1. The van der Waals surface area contributed by atoms with E-state index in [0.29, 0.717) is 12.0 Å². The van der Waals surface area contributed by atoms with Crippen LogP contribution in [-0.4, -0.2) is 38.3 Å². The van der Waals surface area contributed by atoms with E-state index in [9.17, 15) is 4.79 Å². The van der Waals surface area contributed by atoms with Crippen molar-refractivity contribution in [3.63, 3.8) is 0 Å². The van der Waals surface area contributed by atoms with Gasteiger partial charge in [-0.05, 0) is 31.8 Å². The van der Waals surface area contributed by atoms with Gasteiger partial charge >= 0.3 is 0 Å². The molecule has 2 aliphatic rings. The standard InChI is InChI=1S/C11H20N2O2/c1-8(9-6-12-7-9)11(14)13-10-2-4-15-5-3-10/h8-10,12H,2-7H2,1H3,(H,13,14). The minimum atomic E-state index is 0.147. The molecule has 4 heteroatoms. The number of rotatable bonds is 3. The van der Waals surface area contributed by atoms with E-state index in [1.54, 1.807) is 0 Å². The predicted molar refractivity (Wildman–Crippen MR) is 57.5 cm³/mol. The number of hydrogen-bond donors (Lipinski definition) is 2. The Hall–Kier alpha value is -0.610. The van der Waals surface area contributed by atoms with Crippen molar-refractivity contribution in [2.75, 3.05) is 26.3 Å². The van der Waals surface area contributed by atoms with Crippen LogP contribution in [0, 0.1) is 11.8 Å². The van der Waals surface area contributed by atoms with E-state index in [1.165, 1.54) is 0 Å². The maximum absolute atomic E-state index is 11.9. The largest absolute Gasteiger partial charge is 0.381 e. The van der Waals surface area contributed by atoms with Gasteiger partial charge in [0, 0.05) is 25.2 Å². The molecule has 15 heavy (non-hydrogen) atoms. The lowest BCUT2D eigenvalue weighted by Crippen LogP contribution is -2.51. The van der Waals surface area contributed by atoms with Crippen LogP contribution in [0.1, 0.15) is 19.8 Å². The summed E-state index contributed by atoms with van der Waals surface area (Å²) in [6.07, 6.45) is 1.92. The number of hydrogen-bond acceptors (Lipinski definition) is 3. The lowest BCUT2D eigenvalue weighted by molar-refractivity contribution is -0.128. The number of carbonyl (C=O) groups is 1. The average Bonchev–Trinajstić information content (AvgIpc) is 2.16. The second-order valence-corrected chi connectivity index (χ2v) is 4.60. The summed E-state index contributed by atoms with van der Waals surface area (Å²) < 4.78 is 5.26. The maximum atomic E-state index is 11.9. The topological polar surface area (TPSA) is 50.4 Å².